The number of carbonyl (C=O) groups is 1. The largest absolute Gasteiger partial charge is 0.299 e. The Morgan fingerprint density at radius 3 is 1.96 bits per heavy atom. The minimum atomic E-state index is -0.275. The van der Waals surface area contributed by atoms with E-state index in [2.05, 4.69) is 6.08 Å². The van der Waals surface area contributed by atoms with Gasteiger partial charge in [0.15, 0.2) is 0 Å². The van der Waals surface area contributed by atoms with Crippen molar-refractivity contribution in [3.8, 4) is 0 Å². The monoisotopic (exact) mass is 376 g/mol. The van der Waals surface area contributed by atoms with Crippen molar-refractivity contribution in [3.63, 3.8) is 0 Å². The molecule has 2 aromatic carbocycles. The van der Waals surface area contributed by atoms with E-state index >= 15 is 0 Å². The Labute approximate surface area is 164 Å². The van der Waals surface area contributed by atoms with Gasteiger partial charge in [0, 0.05) is 0 Å². The van der Waals surface area contributed by atoms with Gasteiger partial charge in [0.1, 0.15) is 17.9 Å². The zero-order chi connectivity index (χ0) is 19.6. The van der Waals surface area contributed by atoms with Gasteiger partial charge in [-0.3, -0.25) is 4.79 Å². The Morgan fingerprint density at radius 1 is 0.821 bits per heavy atom. The van der Waals surface area contributed by atoms with Crippen molar-refractivity contribution >= 4 is 17.4 Å². The lowest BCUT2D eigenvalue weighted by molar-refractivity contribution is -0.104. The van der Waals surface area contributed by atoms with E-state index in [0.717, 1.165) is 66.2 Å². The van der Waals surface area contributed by atoms with E-state index < -0.39 is 0 Å². The quantitative estimate of drug-likeness (QED) is 0.438. The van der Waals surface area contributed by atoms with Crippen molar-refractivity contribution in [2.24, 2.45) is 5.41 Å². The molecule has 1 fully saturated rings. The summed E-state index contributed by atoms with van der Waals surface area (Å²) in [5.41, 5.74) is 5.22. The van der Waals surface area contributed by atoms with E-state index in [-0.39, 0.29) is 17.0 Å². The van der Waals surface area contributed by atoms with Crippen LogP contribution in [0.1, 0.15) is 43.2 Å². The zero-order valence-corrected chi connectivity index (χ0v) is 15.6. The van der Waals surface area contributed by atoms with Crippen LogP contribution >= 0.6 is 0 Å². The van der Waals surface area contributed by atoms with Crippen molar-refractivity contribution in [1.82, 2.24) is 0 Å². The first-order valence-corrected chi connectivity index (χ1v) is 9.70. The predicted octanol–water partition coefficient (Wildman–Crippen LogP) is 6.52. The van der Waals surface area contributed by atoms with E-state index in [1.807, 2.05) is 18.2 Å². The molecule has 0 unspecified atom stereocenters. The topological polar surface area (TPSA) is 17.1 Å². The first kappa shape index (κ1) is 18.5. The summed E-state index contributed by atoms with van der Waals surface area (Å²) in [4.78, 5) is 11.0. The normalized spacial score (nSPS) is 18.7. The predicted molar refractivity (Wildman–Crippen MR) is 108 cm³/mol. The van der Waals surface area contributed by atoms with Crippen LogP contribution in [0.2, 0.25) is 0 Å². The smallest absolute Gasteiger partial charge is 0.142 e. The Morgan fingerprint density at radius 2 is 1.39 bits per heavy atom. The number of rotatable bonds is 4. The average molecular weight is 376 g/mol. The van der Waals surface area contributed by atoms with Gasteiger partial charge in [-0.2, -0.15) is 0 Å². The fourth-order valence-electron chi connectivity index (χ4n) is 4.67. The lowest BCUT2D eigenvalue weighted by Gasteiger charge is -2.37. The molecule has 0 amide bonds. The second kappa shape index (κ2) is 7.67. The number of aldehydes is 1. The maximum absolute atomic E-state index is 13.5. The van der Waals surface area contributed by atoms with Crippen molar-refractivity contribution in [2.75, 3.05) is 0 Å². The van der Waals surface area contributed by atoms with Crippen LogP contribution in [0, 0.1) is 17.0 Å². The SMILES string of the molecule is O=CC=CC1=C(c2ccc(F)cc2)C=C(c2ccc(F)cc2)CC12CCCC2. The molecule has 4 rings (SSSR count). The molecule has 3 heteroatoms. The highest BCUT2D eigenvalue weighted by molar-refractivity contribution is 5.90. The number of allylic oxidation sites excluding steroid dienone is 6. The molecule has 0 bridgehead atoms. The Balaban J connectivity index is 1.92. The van der Waals surface area contributed by atoms with Crippen LogP contribution < -0.4 is 0 Å². The molecule has 0 aliphatic heterocycles. The van der Waals surface area contributed by atoms with Gasteiger partial charge in [0.2, 0.25) is 0 Å². The van der Waals surface area contributed by atoms with Gasteiger partial charge >= 0.3 is 0 Å². The molecule has 0 heterocycles. The molecule has 0 aromatic heterocycles. The molecule has 2 aliphatic carbocycles. The molecule has 1 nitrogen and oxygen atoms in total. The van der Waals surface area contributed by atoms with Gasteiger partial charge < -0.3 is 0 Å². The molecule has 0 N–H and O–H groups in total. The maximum atomic E-state index is 13.5. The first-order chi connectivity index (χ1) is 13.6. The number of halogens is 2. The lowest BCUT2D eigenvalue weighted by atomic mass is 9.66. The van der Waals surface area contributed by atoms with E-state index in [0.29, 0.717) is 0 Å². The summed E-state index contributed by atoms with van der Waals surface area (Å²) in [6, 6.07) is 13.1. The molecular formula is C25H22F2O. The summed E-state index contributed by atoms with van der Waals surface area (Å²) >= 11 is 0. The van der Waals surface area contributed by atoms with Crippen LogP contribution in [0.15, 0.2) is 72.3 Å². The summed E-state index contributed by atoms with van der Waals surface area (Å²) in [7, 11) is 0. The Hall–Kier alpha value is -2.81. The lowest BCUT2D eigenvalue weighted by Crippen LogP contribution is -2.23. The fourth-order valence-corrected chi connectivity index (χ4v) is 4.67. The van der Waals surface area contributed by atoms with Gasteiger partial charge in [0.05, 0.1) is 0 Å². The fraction of sp³-hybridized carbons (Fsp3) is 0.240. The number of hydrogen-bond donors (Lipinski definition) is 0. The second-order valence-electron chi connectivity index (χ2n) is 7.67. The first-order valence-electron chi connectivity index (χ1n) is 9.70. The van der Waals surface area contributed by atoms with Crippen molar-refractivity contribution in [1.29, 1.82) is 0 Å². The standard InChI is InChI=1S/C25H22F2O/c26-21-9-5-18(6-10-21)20-16-23(19-7-11-22(27)12-8-19)24(4-3-15-28)25(17-20)13-1-2-14-25/h3-12,15-16H,1-2,13-14,17H2. The van der Waals surface area contributed by atoms with Gasteiger partial charge in [-0.25, -0.2) is 8.78 Å². The number of hydrogen-bond acceptors (Lipinski definition) is 1. The highest BCUT2D eigenvalue weighted by Crippen LogP contribution is 2.55. The Bertz CT molecular complexity index is 957. The van der Waals surface area contributed by atoms with Gasteiger partial charge in [0.25, 0.3) is 0 Å². The third-order valence-electron chi connectivity index (χ3n) is 5.98. The molecule has 1 saturated carbocycles. The number of carbonyl (C=O) groups excluding carboxylic acids is 1. The minimum absolute atomic E-state index is 0.0400. The minimum Gasteiger partial charge on any atom is -0.299 e. The maximum Gasteiger partial charge on any atom is 0.142 e. The molecule has 2 aliphatic rings. The summed E-state index contributed by atoms with van der Waals surface area (Å²) in [6.45, 7) is 0. The van der Waals surface area contributed by atoms with Crippen LogP contribution in [-0.4, -0.2) is 6.29 Å². The van der Waals surface area contributed by atoms with Crippen molar-refractivity contribution < 1.29 is 13.6 Å². The molecule has 2 aromatic rings. The molecule has 0 atom stereocenters. The van der Waals surface area contributed by atoms with Crippen molar-refractivity contribution in [3.05, 3.63) is 95.1 Å². The zero-order valence-electron chi connectivity index (χ0n) is 15.6. The van der Waals surface area contributed by atoms with E-state index in [4.69, 9.17) is 0 Å². The summed E-state index contributed by atoms with van der Waals surface area (Å²) < 4.78 is 26.9. The van der Waals surface area contributed by atoms with Crippen LogP contribution in [0.3, 0.4) is 0 Å². The van der Waals surface area contributed by atoms with Gasteiger partial charge in [-0.05, 0) is 82.9 Å². The summed E-state index contributed by atoms with van der Waals surface area (Å²) in [5, 5.41) is 0. The molecule has 0 saturated heterocycles. The van der Waals surface area contributed by atoms with Crippen molar-refractivity contribution in [2.45, 2.75) is 32.1 Å². The van der Waals surface area contributed by atoms with E-state index in [9.17, 15) is 13.6 Å². The molecule has 1 spiro atoms. The number of benzene rings is 2. The molecular weight excluding hydrogens is 354 g/mol. The average Bonchev–Trinajstić information content (AvgIpc) is 3.16. The molecule has 28 heavy (non-hydrogen) atoms. The van der Waals surface area contributed by atoms with Crippen LogP contribution in [0.25, 0.3) is 11.1 Å². The summed E-state index contributed by atoms with van der Waals surface area (Å²) in [5.74, 6) is -0.525. The molecule has 142 valence electrons. The van der Waals surface area contributed by atoms with Crippen LogP contribution in [0.4, 0.5) is 8.78 Å². The Kier molecular flexibility index (Phi) is 5.08. The summed E-state index contributed by atoms with van der Waals surface area (Å²) in [6.07, 6.45) is 11.7. The van der Waals surface area contributed by atoms with E-state index in [1.165, 1.54) is 24.3 Å². The van der Waals surface area contributed by atoms with Crippen LogP contribution in [0.5, 0.6) is 0 Å². The molecule has 0 radical (unpaired) electrons. The second-order valence-corrected chi connectivity index (χ2v) is 7.67. The van der Waals surface area contributed by atoms with E-state index in [1.54, 1.807) is 18.2 Å². The van der Waals surface area contributed by atoms with Gasteiger partial charge in [-0.1, -0.05) is 49.3 Å². The highest BCUT2D eigenvalue weighted by atomic mass is 19.1. The third kappa shape index (κ3) is 3.49. The third-order valence-corrected chi connectivity index (χ3v) is 5.98. The highest BCUT2D eigenvalue weighted by Gasteiger charge is 2.40. The van der Waals surface area contributed by atoms with Crippen LogP contribution in [-0.2, 0) is 4.79 Å². The van der Waals surface area contributed by atoms with Gasteiger partial charge in [-0.15, -0.1) is 0 Å².